The number of piperidine rings is 1. The highest BCUT2D eigenvalue weighted by Gasteiger charge is 2.33. The number of imidazole rings is 1. The van der Waals surface area contributed by atoms with E-state index >= 15 is 4.39 Å². The van der Waals surface area contributed by atoms with Crippen molar-refractivity contribution in [2.75, 3.05) is 6.54 Å². The van der Waals surface area contributed by atoms with Crippen LogP contribution in [0.25, 0.3) is 27.7 Å². The summed E-state index contributed by atoms with van der Waals surface area (Å²) in [7, 11) is 0. The Balaban J connectivity index is 1.45. The molecule has 5 rings (SSSR count). The number of aryl methyl sites for hydroxylation is 1. The van der Waals surface area contributed by atoms with E-state index in [-0.39, 0.29) is 34.7 Å². The van der Waals surface area contributed by atoms with Gasteiger partial charge in [0.2, 0.25) is 0 Å². The normalized spacial score (nSPS) is 18.5. The van der Waals surface area contributed by atoms with Crippen LogP contribution in [-0.4, -0.2) is 48.1 Å². The van der Waals surface area contributed by atoms with Crippen molar-refractivity contribution in [3.05, 3.63) is 64.6 Å². The third-order valence-electron chi connectivity index (χ3n) is 6.67. The third kappa shape index (κ3) is 4.68. The lowest BCUT2D eigenvalue weighted by Gasteiger charge is -2.38. The van der Waals surface area contributed by atoms with Gasteiger partial charge in [-0.25, -0.2) is 23.5 Å². The number of rotatable bonds is 2. The Morgan fingerprint density at radius 2 is 1.84 bits per heavy atom. The van der Waals surface area contributed by atoms with Crippen LogP contribution in [0.3, 0.4) is 0 Å². The molecule has 1 fully saturated rings. The fourth-order valence-corrected chi connectivity index (χ4v) is 4.97. The van der Waals surface area contributed by atoms with Gasteiger partial charge < -0.3 is 14.0 Å². The van der Waals surface area contributed by atoms with Gasteiger partial charge in [-0.3, -0.25) is 9.36 Å². The Labute approximate surface area is 212 Å². The van der Waals surface area contributed by atoms with Crippen molar-refractivity contribution in [2.24, 2.45) is 0 Å². The Morgan fingerprint density at radius 1 is 1.11 bits per heavy atom. The van der Waals surface area contributed by atoms with E-state index in [0.29, 0.717) is 36.2 Å². The lowest BCUT2D eigenvalue weighted by molar-refractivity contribution is 0.00769. The molecule has 8 nitrogen and oxygen atoms in total. The average Bonchev–Trinajstić information content (AvgIpc) is 3.18. The van der Waals surface area contributed by atoms with Crippen LogP contribution >= 0.6 is 0 Å². The van der Waals surface area contributed by atoms with Crippen molar-refractivity contribution >= 4 is 22.6 Å². The number of nitrogens with zero attached hydrogens (tertiary/aromatic N) is 5. The van der Waals surface area contributed by atoms with Crippen LogP contribution in [0.4, 0.5) is 13.6 Å². The van der Waals surface area contributed by atoms with E-state index in [1.54, 1.807) is 34.7 Å². The van der Waals surface area contributed by atoms with Gasteiger partial charge in [-0.05, 0) is 71.2 Å². The van der Waals surface area contributed by atoms with Gasteiger partial charge in [0.25, 0.3) is 5.56 Å². The van der Waals surface area contributed by atoms with Gasteiger partial charge in [0.1, 0.15) is 16.8 Å². The quantitative estimate of drug-likeness (QED) is 0.368. The van der Waals surface area contributed by atoms with Crippen LogP contribution in [0.15, 0.2) is 41.7 Å². The number of ether oxygens (including phenoxy) is 1. The Bertz CT molecular complexity index is 1590. The first-order valence-corrected chi connectivity index (χ1v) is 12.3. The fraction of sp³-hybridized carbons (Fsp3) is 0.407. The van der Waals surface area contributed by atoms with Gasteiger partial charge >= 0.3 is 6.09 Å². The molecule has 10 heteroatoms. The minimum atomic E-state index is -0.721. The third-order valence-corrected chi connectivity index (χ3v) is 6.67. The summed E-state index contributed by atoms with van der Waals surface area (Å²) in [5.74, 6) is -1.25. The summed E-state index contributed by atoms with van der Waals surface area (Å²) in [5.41, 5.74) is 0.809. The van der Waals surface area contributed by atoms with E-state index in [1.165, 1.54) is 23.0 Å². The van der Waals surface area contributed by atoms with E-state index in [2.05, 4.69) is 9.97 Å². The zero-order valence-electron chi connectivity index (χ0n) is 21.5. The number of amides is 1. The maximum absolute atomic E-state index is 15.3. The lowest BCUT2D eigenvalue weighted by Crippen LogP contribution is -2.48. The average molecular weight is 510 g/mol. The molecule has 0 saturated carbocycles. The topological polar surface area (TPSA) is 81.7 Å². The smallest absolute Gasteiger partial charge is 0.410 e. The number of hydrogen-bond acceptors (Lipinski definition) is 5. The predicted octanol–water partition coefficient (Wildman–Crippen LogP) is 5.26. The molecule has 1 saturated heterocycles. The zero-order chi connectivity index (χ0) is 26.6. The van der Waals surface area contributed by atoms with E-state index in [1.807, 2.05) is 27.7 Å². The van der Waals surface area contributed by atoms with Crippen LogP contribution in [0.1, 0.15) is 52.3 Å². The lowest BCUT2D eigenvalue weighted by atomic mass is 9.98. The summed E-state index contributed by atoms with van der Waals surface area (Å²) in [5, 5.41) is -0.117. The van der Waals surface area contributed by atoms with E-state index in [9.17, 15) is 14.0 Å². The first-order chi connectivity index (χ1) is 17.4. The number of benzene rings is 1. The second-order valence-electron chi connectivity index (χ2n) is 10.7. The van der Waals surface area contributed by atoms with Crippen molar-refractivity contribution in [3.63, 3.8) is 0 Å². The zero-order valence-corrected chi connectivity index (χ0v) is 21.5. The van der Waals surface area contributed by atoms with Gasteiger partial charge in [-0.1, -0.05) is 0 Å². The number of likely N-dealkylation sites (tertiary alicyclic amines) is 1. The highest BCUT2D eigenvalue weighted by atomic mass is 19.1. The maximum atomic E-state index is 15.3. The molecular formula is C27H29F2N5O3. The molecule has 37 heavy (non-hydrogen) atoms. The van der Waals surface area contributed by atoms with Crippen molar-refractivity contribution in [1.29, 1.82) is 0 Å². The number of pyridine rings is 1. The van der Waals surface area contributed by atoms with Crippen molar-refractivity contribution in [2.45, 2.75) is 65.1 Å². The number of carbonyl (C=O) groups excluding carboxylic acids is 1. The largest absolute Gasteiger partial charge is 0.444 e. The van der Waals surface area contributed by atoms with Gasteiger partial charge in [0.05, 0.1) is 17.5 Å². The number of halogens is 2. The molecule has 0 spiro atoms. The van der Waals surface area contributed by atoms with Gasteiger partial charge in [0, 0.05) is 36.6 Å². The molecule has 1 aliphatic heterocycles. The number of hydrogen-bond donors (Lipinski definition) is 0. The maximum Gasteiger partial charge on any atom is 0.410 e. The molecule has 1 aliphatic rings. The standard InChI is InChI=1S/C27H29F2N5O3/c1-15-12-32-13-18(10-21(29)24(32)31-15)17-9-20(28)23-22(11-17)30-14-34(25(23)35)19-6-7-33(16(2)8-19)26(36)37-27(3,4)5/h9-14,16,19H,6-8H2,1-5H3/t16-,19+/m0/s1. The molecule has 0 N–H and O–H groups in total. The Kier molecular flexibility index (Phi) is 6.00. The van der Waals surface area contributed by atoms with Crippen molar-refractivity contribution in [1.82, 2.24) is 23.8 Å². The Morgan fingerprint density at radius 3 is 2.54 bits per heavy atom. The van der Waals surface area contributed by atoms with Crippen molar-refractivity contribution in [3.8, 4) is 11.1 Å². The number of carbonyl (C=O) groups is 1. The second kappa shape index (κ2) is 8.93. The van der Waals surface area contributed by atoms with Crippen LogP contribution in [-0.2, 0) is 4.74 Å². The Hall–Kier alpha value is -3.82. The van der Waals surface area contributed by atoms with Crippen LogP contribution in [0.2, 0.25) is 0 Å². The molecule has 4 heterocycles. The summed E-state index contributed by atoms with van der Waals surface area (Å²) in [6.07, 6.45) is 5.42. The molecule has 4 aromatic rings. The first-order valence-electron chi connectivity index (χ1n) is 12.3. The molecule has 2 atom stereocenters. The highest BCUT2D eigenvalue weighted by Crippen LogP contribution is 2.30. The second-order valence-corrected chi connectivity index (χ2v) is 10.7. The SMILES string of the molecule is Cc1cn2cc(-c3cc(F)c4c(=O)n([C@@H]5CCN(C(=O)OC(C)(C)C)[C@@H](C)C5)cnc4c3)cc(F)c2n1. The molecule has 3 aromatic heterocycles. The van der Waals surface area contributed by atoms with Gasteiger partial charge in [0.15, 0.2) is 11.5 Å². The van der Waals surface area contributed by atoms with E-state index < -0.39 is 22.8 Å². The summed E-state index contributed by atoms with van der Waals surface area (Å²) in [4.78, 5) is 36.1. The monoisotopic (exact) mass is 509 g/mol. The number of fused-ring (bicyclic) bond motifs is 2. The highest BCUT2D eigenvalue weighted by molar-refractivity contribution is 5.84. The summed E-state index contributed by atoms with van der Waals surface area (Å²) < 4.78 is 38.4. The van der Waals surface area contributed by atoms with E-state index in [4.69, 9.17) is 4.74 Å². The summed E-state index contributed by atoms with van der Waals surface area (Å²) >= 11 is 0. The van der Waals surface area contributed by atoms with Crippen LogP contribution in [0.5, 0.6) is 0 Å². The molecule has 0 unspecified atom stereocenters. The van der Waals surface area contributed by atoms with Crippen molar-refractivity contribution < 1.29 is 18.3 Å². The molecule has 0 radical (unpaired) electrons. The summed E-state index contributed by atoms with van der Waals surface area (Å²) in [6, 6.07) is 3.71. The predicted molar refractivity (Wildman–Crippen MR) is 136 cm³/mol. The molecule has 0 bridgehead atoms. The molecule has 1 aromatic carbocycles. The molecular weight excluding hydrogens is 480 g/mol. The van der Waals surface area contributed by atoms with E-state index in [0.717, 1.165) is 0 Å². The number of aromatic nitrogens is 4. The molecule has 194 valence electrons. The molecule has 0 aliphatic carbocycles. The minimum Gasteiger partial charge on any atom is -0.444 e. The molecule has 1 amide bonds. The minimum absolute atomic E-state index is 0.117. The van der Waals surface area contributed by atoms with Gasteiger partial charge in [-0.2, -0.15) is 0 Å². The van der Waals surface area contributed by atoms with Crippen LogP contribution in [0, 0.1) is 18.6 Å². The summed E-state index contributed by atoms with van der Waals surface area (Å²) in [6.45, 7) is 9.52. The fourth-order valence-electron chi connectivity index (χ4n) is 4.97. The van der Waals surface area contributed by atoms with Crippen LogP contribution < -0.4 is 5.56 Å². The first kappa shape index (κ1) is 24.9. The van der Waals surface area contributed by atoms with Gasteiger partial charge in [-0.15, -0.1) is 0 Å².